The highest BCUT2D eigenvalue weighted by atomic mass is 16.3. The summed E-state index contributed by atoms with van der Waals surface area (Å²) >= 11 is 0. The van der Waals surface area contributed by atoms with E-state index in [1.54, 1.807) is 17.1 Å². The number of piperidine rings is 1. The van der Waals surface area contributed by atoms with Gasteiger partial charge < -0.3 is 14.6 Å². The van der Waals surface area contributed by atoms with Crippen LogP contribution in [0.4, 0.5) is 5.82 Å². The van der Waals surface area contributed by atoms with Crippen LogP contribution in [0.25, 0.3) is 5.82 Å². The van der Waals surface area contributed by atoms with Crippen molar-refractivity contribution in [2.24, 2.45) is 5.92 Å². The Bertz CT molecular complexity index is 821. The van der Waals surface area contributed by atoms with Crippen LogP contribution in [0.3, 0.4) is 0 Å². The minimum Gasteiger partial charge on any atom is -0.467 e. The lowest BCUT2D eigenvalue weighted by Gasteiger charge is -2.31. The van der Waals surface area contributed by atoms with Crippen molar-refractivity contribution < 1.29 is 9.21 Å². The zero-order chi connectivity index (χ0) is 17.8. The van der Waals surface area contributed by atoms with Gasteiger partial charge in [-0.2, -0.15) is 5.10 Å². The number of hydrogen-bond acceptors (Lipinski definition) is 6. The van der Waals surface area contributed by atoms with Gasteiger partial charge in [0.1, 0.15) is 5.76 Å². The van der Waals surface area contributed by atoms with Gasteiger partial charge in [0.15, 0.2) is 11.6 Å². The molecule has 0 aromatic carbocycles. The lowest BCUT2D eigenvalue weighted by molar-refractivity contribution is -0.125. The van der Waals surface area contributed by atoms with Gasteiger partial charge in [-0.1, -0.05) is 0 Å². The first-order valence-electron chi connectivity index (χ1n) is 8.68. The van der Waals surface area contributed by atoms with Crippen molar-refractivity contribution in [3.05, 3.63) is 54.7 Å². The fraction of sp³-hybridized carbons (Fsp3) is 0.333. The van der Waals surface area contributed by atoms with E-state index in [0.29, 0.717) is 12.4 Å². The van der Waals surface area contributed by atoms with Crippen LogP contribution in [0.2, 0.25) is 0 Å². The van der Waals surface area contributed by atoms with Crippen LogP contribution in [0.15, 0.2) is 53.4 Å². The van der Waals surface area contributed by atoms with Gasteiger partial charge in [-0.25, -0.2) is 4.68 Å². The van der Waals surface area contributed by atoms with Crippen LogP contribution in [-0.4, -0.2) is 39.0 Å². The molecule has 8 heteroatoms. The molecule has 4 heterocycles. The molecule has 1 aliphatic rings. The van der Waals surface area contributed by atoms with E-state index in [2.05, 4.69) is 25.5 Å². The van der Waals surface area contributed by atoms with E-state index < -0.39 is 0 Å². The molecule has 1 saturated heterocycles. The Kier molecular flexibility index (Phi) is 4.63. The van der Waals surface area contributed by atoms with Crippen LogP contribution < -0.4 is 10.2 Å². The highest BCUT2D eigenvalue weighted by molar-refractivity contribution is 5.78. The van der Waals surface area contributed by atoms with Crippen molar-refractivity contribution in [3.8, 4) is 5.82 Å². The number of rotatable bonds is 5. The summed E-state index contributed by atoms with van der Waals surface area (Å²) in [7, 11) is 0. The first kappa shape index (κ1) is 16.3. The van der Waals surface area contributed by atoms with Crippen molar-refractivity contribution in [2.75, 3.05) is 18.0 Å². The molecule has 26 heavy (non-hydrogen) atoms. The maximum atomic E-state index is 12.3. The fourth-order valence-corrected chi connectivity index (χ4v) is 3.12. The molecule has 0 spiro atoms. The Morgan fingerprint density at radius 2 is 1.96 bits per heavy atom. The Hall–Kier alpha value is -3.16. The van der Waals surface area contributed by atoms with Crippen LogP contribution >= 0.6 is 0 Å². The van der Waals surface area contributed by atoms with Gasteiger partial charge in [0.2, 0.25) is 5.91 Å². The van der Waals surface area contributed by atoms with Crippen LogP contribution in [0, 0.1) is 5.92 Å². The standard InChI is InChI=1S/C18H20N6O2/c25-18(19-13-15-3-1-12-26-15)14-6-10-23(11-7-14)16-4-5-17(22-21-16)24-9-2-8-20-24/h1-5,8-9,12,14H,6-7,10-11,13H2,(H,19,25). The lowest BCUT2D eigenvalue weighted by Crippen LogP contribution is -2.40. The summed E-state index contributed by atoms with van der Waals surface area (Å²) in [6, 6.07) is 9.36. The molecule has 0 radical (unpaired) electrons. The Labute approximate surface area is 150 Å². The number of hydrogen-bond donors (Lipinski definition) is 1. The van der Waals surface area contributed by atoms with Crippen LogP contribution in [-0.2, 0) is 11.3 Å². The number of nitrogens with zero attached hydrogens (tertiary/aromatic N) is 5. The molecule has 0 bridgehead atoms. The van der Waals surface area contributed by atoms with Crippen molar-refractivity contribution in [2.45, 2.75) is 19.4 Å². The molecule has 4 rings (SSSR count). The molecular weight excluding hydrogens is 332 g/mol. The van der Waals surface area contributed by atoms with E-state index in [0.717, 1.165) is 37.5 Å². The first-order valence-corrected chi connectivity index (χ1v) is 8.68. The number of anilines is 1. The molecule has 8 nitrogen and oxygen atoms in total. The number of furan rings is 1. The predicted octanol–water partition coefficient (Wildman–Crippen LogP) is 1.79. The zero-order valence-corrected chi connectivity index (χ0v) is 14.3. The van der Waals surface area contributed by atoms with E-state index in [4.69, 9.17) is 4.42 Å². The molecule has 134 valence electrons. The normalized spacial score (nSPS) is 15.2. The summed E-state index contributed by atoms with van der Waals surface area (Å²) in [6.07, 6.45) is 6.74. The number of carbonyl (C=O) groups is 1. The largest absolute Gasteiger partial charge is 0.467 e. The maximum absolute atomic E-state index is 12.3. The number of aromatic nitrogens is 4. The van der Waals surface area contributed by atoms with Crippen LogP contribution in [0.1, 0.15) is 18.6 Å². The minimum absolute atomic E-state index is 0.0255. The molecule has 3 aromatic heterocycles. The molecule has 0 unspecified atom stereocenters. The predicted molar refractivity (Wildman–Crippen MR) is 94.6 cm³/mol. The molecule has 1 fully saturated rings. The lowest BCUT2D eigenvalue weighted by atomic mass is 9.96. The highest BCUT2D eigenvalue weighted by Crippen LogP contribution is 2.22. The van der Waals surface area contributed by atoms with Gasteiger partial charge in [-0.05, 0) is 43.2 Å². The van der Waals surface area contributed by atoms with E-state index in [1.165, 1.54) is 0 Å². The van der Waals surface area contributed by atoms with Gasteiger partial charge in [-0.3, -0.25) is 4.79 Å². The van der Waals surface area contributed by atoms with E-state index in [-0.39, 0.29) is 11.8 Å². The van der Waals surface area contributed by atoms with Crippen molar-refractivity contribution >= 4 is 11.7 Å². The average Bonchev–Trinajstić information content (AvgIpc) is 3.40. The van der Waals surface area contributed by atoms with Crippen molar-refractivity contribution in [1.29, 1.82) is 0 Å². The summed E-state index contributed by atoms with van der Waals surface area (Å²) in [5.74, 6) is 2.39. The van der Waals surface area contributed by atoms with Gasteiger partial charge in [0, 0.05) is 31.4 Å². The van der Waals surface area contributed by atoms with Crippen molar-refractivity contribution in [1.82, 2.24) is 25.3 Å². The second kappa shape index (κ2) is 7.38. The summed E-state index contributed by atoms with van der Waals surface area (Å²) in [5.41, 5.74) is 0. The number of nitrogens with one attached hydrogen (secondary N) is 1. The summed E-state index contributed by atoms with van der Waals surface area (Å²) in [4.78, 5) is 14.5. The third-order valence-electron chi connectivity index (χ3n) is 4.58. The quantitative estimate of drug-likeness (QED) is 0.753. The van der Waals surface area contributed by atoms with Gasteiger partial charge in [0.25, 0.3) is 0 Å². The molecular formula is C18H20N6O2. The maximum Gasteiger partial charge on any atom is 0.223 e. The monoisotopic (exact) mass is 352 g/mol. The second-order valence-electron chi connectivity index (χ2n) is 6.26. The van der Waals surface area contributed by atoms with Gasteiger partial charge in [0.05, 0.1) is 12.8 Å². The number of amides is 1. The summed E-state index contributed by atoms with van der Waals surface area (Å²) < 4.78 is 6.91. The summed E-state index contributed by atoms with van der Waals surface area (Å²) in [6.45, 7) is 2.01. The van der Waals surface area contributed by atoms with Crippen molar-refractivity contribution in [3.63, 3.8) is 0 Å². The smallest absolute Gasteiger partial charge is 0.223 e. The Balaban J connectivity index is 1.29. The average molecular weight is 352 g/mol. The van der Waals surface area contributed by atoms with Gasteiger partial charge in [-0.15, -0.1) is 10.2 Å². The highest BCUT2D eigenvalue weighted by Gasteiger charge is 2.25. The molecule has 0 saturated carbocycles. The molecule has 3 aromatic rings. The fourth-order valence-electron chi connectivity index (χ4n) is 3.12. The Morgan fingerprint density at radius 3 is 2.62 bits per heavy atom. The Morgan fingerprint density at radius 1 is 1.15 bits per heavy atom. The number of carbonyl (C=O) groups excluding carboxylic acids is 1. The summed E-state index contributed by atoms with van der Waals surface area (Å²) in [5, 5.41) is 15.6. The van der Waals surface area contributed by atoms with E-state index >= 15 is 0 Å². The minimum atomic E-state index is 0.0255. The molecule has 1 N–H and O–H groups in total. The van der Waals surface area contributed by atoms with Crippen LogP contribution in [0.5, 0.6) is 0 Å². The van der Waals surface area contributed by atoms with E-state index in [1.807, 2.05) is 36.5 Å². The molecule has 1 amide bonds. The first-order chi connectivity index (χ1) is 12.8. The zero-order valence-electron chi connectivity index (χ0n) is 14.3. The third-order valence-corrected chi connectivity index (χ3v) is 4.58. The topological polar surface area (TPSA) is 89.1 Å². The van der Waals surface area contributed by atoms with E-state index in [9.17, 15) is 4.79 Å². The van der Waals surface area contributed by atoms with Gasteiger partial charge >= 0.3 is 0 Å². The molecule has 1 aliphatic heterocycles. The SMILES string of the molecule is O=C(NCc1ccco1)C1CCN(c2ccc(-n3cccn3)nn2)CC1. The molecule has 0 atom stereocenters. The second-order valence-corrected chi connectivity index (χ2v) is 6.26. The molecule has 0 aliphatic carbocycles. The third kappa shape index (κ3) is 3.58.